The maximum absolute atomic E-state index is 12.6. The number of hydrogen-bond acceptors (Lipinski definition) is 7. The molecule has 7 heteroatoms. The van der Waals surface area contributed by atoms with Gasteiger partial charge in [0.05, 0.1) is 35.2 Å². The molecule has 0 unspecified atom stereocenters. The van der Waals surface area contributed by atoms with Crippen molar-refractivity contribution in [2.24, 2.45) is 10.2 Å². The van der Waals surface area contributed by atoms with Gasteiger partial charge in [0, 0.05) is 0 Å². The summed E-state index contributed by atoms with van der Waals surface area (Å²) in [4.78, 5) is 25.0. The summed E-state index contributed by atoms with van der Waals surface area (Å²) in [5.41, 5.74) is 2.13. The first-order valence-corrected chi connectivity index (χ1v) is 15.8. The van der Waals surface area contributed by atoms with Crippen LogP contribution in [0.1, 0.15) is 112 Å². The minimum atomic E-state index is -0.504. The van der Waals surface area contributed by atoms with Crippen LogP contribution in [0.2, 0.25) is 0 Å². The molecule has 0 bridgehead atoms. The van der Waals surface area contributed by atoms with Crippen LogP contribution in [0.25, 0.3) is 0 Å². The molecule has 7 nitrogen and oxygen atoms in total. The Hall–Kier alpha value is -4.00. The lowest BCUT2D eigenvalue weighted by Gasteiger charge is -2.13. The van der Waals surface area contributed by atoms with E-state index in [1.165, 1.54) is 44.9 Å². The van der Waals surface area contributed by atoms with Crippen LogP contribution in [-0.2, 0) is 4.74 Å². The maximum atomic E-state index is 12.6. The molecule has 0 aliphatic heterocycles. The van der Waals surface area contributed by atoms with Crippen molar-refractivity contribution in [3.63, 3.8) is 0 Å². The number of hydrogen-bond donors (Lipinski definition) is 0. The Morgan fingerprint density at radius 1 is 0.605 bits per heavy atom. The topological polar surface area (TPSA) is 86.5 Å². The van der Waals surface area contributed by atoms with Gasteiger partial charge in [0.2, 0.25) is 0 Å². The lowest BCUT2D eigenvalue weighted by Crippen LogP contribution is -2.15. The second kappa shape index (κ2) is 19.2. The zero-order valence-corrected chi connectivity index (χ0v) is 25.9. The van der Waals surface area contributed by atoms with E-state index in [1.807, 2.05) is 31.2 Å². The highest BCUT2D eigenvalue weighted by molar-refractivity contribution is 5.92. The third-order valence-corrected chi connectivity index (χ3v) is 7.06. The zero-order chi connectivity index (χ0) is 30.7. The van der Waals surface area contributed by atoms with Crippen LogP contribution in [0, 0.1) is 0 Å². The van der Waals surface area contributed by atoms with Gasteiger partial charge in [-0.1, -0.05) is 65.2 Å². The third kappa shape index (κ3) is 12.8. The SMILES string of the molecule is CCCCCCCCOc1ccc(N=Nc2ccc(C(=O)Oc3ccc(C(=O)O[C@@H](C)CCCCCC)cc3)cc2)cc1. The number of benzene rings is 3. The van der Waals surface area contributed by atoms with E-state index in [-0.39, 0.29) is 12.1 Å². The first kappa shape index (κ1) is 33.5. The summed E-state index contributed by atoms with van der Waals surface area (Å²) in [7, 11) is 0. The molecule has 3 rings (SSSR count). The van der Waals surface area contributed by atoms with Crippen molar-refractivity contribution in [2.45, 2.75) is 97.5 Å². The summed E-state index contributed by atoms with van der Waals surface area (Å²) in [5, 5.41) is 8.54. The first-order chi connectivity index (χ1) is 21.0. The molecule has 0 aliphatic carbocycles. The van der Waals surface area contributed by atoms with E-state index in [1.54, 1.807) is 48.5 Å². The molecule has 0 fully saturated rings. The van der Waals surface area contributed by atoms with Gasteiger partial charge in [-0.25, -0.2) is 9.59 Å². The van der Waals surface area contributed by atoms with Gasteiger partial charge >= 0.3 is 11.9 Å². The van der Waals surface area contributed by atoms with Gasteiger partial charge < -0.3 is 14.2 Å². The summed E-state index contributed by atoms with van der Waals surface area (Å²) in [6.07, 6.45) is 12.7. The number of nitrogens with zero attached hydrogens (tertiary/aromatic N) is 2. The molecule has 0 spiro atoms. The number of carbonyl (C=O) groups is 2. The lowest BCUT2D eigenvalue weighted by atomic mass is 10.1. The van der Waals surface area contributed by atoms with Gasteiger partial charge in [0.15, 0.2) is 0 Å². The predicted octanol–water partition coefficient (Wildman–Crippen LogP) is 10.6. The fourth-order valence-corrected chi connectivity index (χ4v) is 4.45. The molecule has 0 amide bonds. The molecule has 1 atom stereocenters. The normalized spacial score (nSPS) is 11.8. The van der Waals surface area contributed by atoms with Crippen molar-refractivity contribution in [3.05, 3.63) is 83.9 Å². The number of azo groups is 1. The maximum Gasteiger partial charge on any atom is 0.343 e. The number of esters is 2. The van der Waals surface area contributed by atoms with Gasteiger partial charge in [-0.15, -0.1) is 0 Å². The van der Waals surface area contributed by atoms with E-state index >= 15 is 0 Å². The zero-order valence-electron chi connectivity index (χ0n) is 25.9. The molecule has 0 radical (unpaired) electrons. The highest BCUT2D eigenvalue weighted by Gasteiger charge is 2.13. The number of rotatable bonds is 19. The number of ether oxygens (including phenoxy) is 3. The van der Waals surface area contributed by atoms with E-state index in [0.29, 0.717) is 28.3 Å². The van der Waals surface area contributed by atoms with Crippen molar-refractivity contribution in [3.8, 4) is 11.5 Å². The van der Waals surface area contributed by atoms with Crippen LogP contribution in [-0.4, -0.2) is 24.6 Å². The van der Waals surface area contributed by atoms with Crippen molar-refractivity contribution < 1.29 is 23.8 Å². The van der Waals surface area contributed by atoms with E-state index in [2.05, 4.69) is 24.1 Å². The van der Waals surface area contributed by atoms with Crippen LogP contribution < -0.4 is 9.47 Å². The van der Waals surface area contributed by atoms with Crippen LogP contribution in [0.15, 0.2) is 83.0 Å². The second-order valence-corrected chi connectivity index (χ2v) is 10.8. The highest BCUT2D eigenvalue weighted by atomic mass is 16.5. The monoisotopic (exact) mass is 586 g/mol. The van der Waals surface area contributed by atoms with Crippen molar-refractivity contribution in [1.29, 1.82) is 0 Å². The summed E-state index contributed by atoms with van der Waals surface area (Å²) in [6.45, 7) is 7.03. The minimum absolute atomic E-state index is 0.135. The predicted molar refractivity (Wildman–Crippen MR) is 171 cm³/mol. The fourth-order valence-electron chi connectivity index (χ4n) is 4.45. The molecule has 230 valence electrons. The minimum Gasteiger partial charge on any atom is -0.494 e. The van der Waals surface area contributed by atoms with E-state index < -0.39 is 5.97 Å². The van der Waals surface area contributed by atoms with Crippen LogP contribution in [0.4, 0.5) is 11.4 Å². The molecular formula is C36H46N2O5. The standard InChI is InChI=1S/C36H46N2O5/c1-4-6-8-10-11-13-27-41-33-25-21-32(22-26-33)38-37-31-19-15-29(16-20-31)36(40)43-34-23-17-30(18-24-34)35(39)42-28(3)14-12-9-7-5-2/h15-26,28H,4-14,27H2,1-3H3/t28-/m0/s1. The summed E-state index contributed by atoms with van der Waals surface area (Å²) in [5.74, 6) is 0.291. The third-order valence-electron chi connectivity index (χ3n) is 7.06. The quantitative estimate of drug-likeness (QED) is 0.0603. The molecular weight excluding hydrogens is 540 g/mol. The largest absolute Gasteiger partial charge is 0.494 e. The lowest BCUT2D eigenvalue weighted by molar-refractivity contribution is 0.0319. The van der Waals surface area contributed by atoms with E-state index in [9.17, 15) is 9.59 Å². The highest BCUT2D eigenvalue weighted by Crippen LogP contribution is 2.23. The first-order valence-electron chi connectivity index (χ1n) is 15.8. The summed E-state index contributed by atoms with van der Waals surface area (Å²) in [6, 6.07) is 20.6. The molecule has 0 saturated carbocycles. The van der Waals surface area contributed by atoms with Gasteiger partial charge in [0.1, 0.15) is 11.5 Å². The molecule has 3 aromatic rings. The molecule has 0 heterocycles. The molecule has 43 heavy (non-hydrogen) atoms. The molecule has 0 aliphatic rings. The molecule has 0 N–H and O–H groups in total. The van der Waals surface area contributed by atoms with Gasteiger partial charge in [-0.05, 0) is 99.0 Å². The Labute approximate surface area is 256 Å². The fraction of sp³-hybridized carbons (Fsp3) is 0.444. The number of carbonyl (C=O) groups excluding carboxylic acids is 2. The Kier molecular flexibility index (Phi) is 15.0. The molecule has 0 aromatic heterocycles. The molecule has 0 saturated heterocycles. The van der Waals surface area contributed by atoms with Gasteiger partial charge in [-0.2, -0.15) is 10.2 Å². The van der Waals surface area contributed by atoms with Crippen LogP contribution in [0.3, 0.4) is 0 Å². The molecule has 3 aromatic carbocycles. The van der Waals surface area contributed by atoms with Crippen LogP contribution >= 0.6 is 0 Å². The Bertz CT molecular complexity index is 1250. The average molecular weight is 587 g/mol. The van der Waals surface area contributed by atoms with Gasteiger partial charge in [-0.3, -0.25) is 0 Å². The van der Waals surface area contributed by atoms with E-state index in [4.69, 9.17) is 14.2 Å². The second-order valence-electron chi connectivity index (χ2n) is 10.8. The Balaban J connectivity index is 1.42. The van der Waals surface area contributed by atoms with Crippen molar-refractivity contribution in [2.75, 3.05) is 6.61 Å². The van der Waals surface area contributed by atoms with Crippen LogP contribution in [0.5, 0.6) is 11.5 Å². The van der Waals surface area contributed by atoms with E-state index in [0.717, 1.165) is 38.0 Å². The summed E-state index contributed by atoms with van der Waals surface area (Å²) < 4.78 is 16.8. The Morgan fingerprint density at radius 2 is 1.09 bits per heavy atom. The average Bonchev–Trinajstić information content (AvgIpc) is 3.03. The summed E-state index contributed by atoms with van der Waals surface area (Å²) >= 11 is 0. The Morgan fingerprint density at radius 3 is 1.72 bits per heavy atom. The van der Waals surface area contributed by atoms with Gasteiger partial charge in [0.25, 0.3) is 0 Å². The van der Waals surface area contributed by atoms with Crippen molar-refractivity contribution >= 4 is 23.3 Å². The smallest absolute Gasteiger partial charge is 0.343 e. The van der Waals surface area contributed by atoms with Crippen molar-refractivity contribution in [1.82, 2.24) is 0 Å². The number of unbranched alkanes of at least 4 members (excludes halogenated alkanes) is 8.